The summed E-state index contributed by atoms with van der Waals surface area (Å²) in [6, 6.07) is 0.980. The summed E-state index contributed by atoms with van der Waals surface area (Å²) in [6.45, 7) is 3.15. The van der Waals surface area contributed by atoms with Crippen LogP contribution in [0.1, 0.15) is 51.9 Å². The van der Waals surface area contributed by atoms with Crippen molar-refractivity contribution < 1.29 is 4.79 Å². The summed E-state index contributed by atoms with van der Waals surface area (Å²) in [5.41, 5.74) is 0. The van der Waals surface area contributed by atoms with Crippen LogP contribution in [0.15, 0.2) is 0 Å². The molecule has 2 aliphatic rings. The van der Waals surface area contributed by atoms with Gasteiger partial charge in [0.15, 0.2) is 0 Å². The van der Waals surface area contributed by atoms with Gasteiger partial charge < -0.3 is 10.6 Å². The number of nitrogens with one attached hydrogen (secondary N) is 2. The predicted octanol–water partition coefficient (Wildman–Crippen LogP) is 1.82. The molecule has 1 saturated heterocycles. The minimum Gasteiger partial charge on any atom is -0.352 e. The highest BCUT2D eigenvalue weighted by Gasteiger charge is 2.22. The Kier molecular flexibility index (Phi) is 4.22. The molecular weight excluding hydrogens is 200 g/mol. The lowest BCUT2D eigenvalue weighted by Gasteiger charge is -2.28. The Hall–Kier alpha value is -0.570. The van der Waals surface area contributed by atoms with Crippen molar-refractivity contribution in [2.45, 2.75) is 64.0 Å². The van der Waals surface area contributed by atoms with E-state index in [0.717, 1.165) is 19.4 Å². The van der Waals surface area contributed by atoms with Crippen LogP contribution in [0, 0.1) is 5.92 Å². The minimum absolute atomic E-state index is 0.272. The number of hydrogen-bond acceptors (Lipinski definition) is 2. The second kappa shape index (κ2) is 5.67. The minimum atomic E-state index is 0.272. The molecule has 92 valence electrons. The van der Waals surface area contributed by atoms with E-state index in [4.69, 9.17) is 0 Å². The Bertz CT molecular complexity index is 228. The van der Waals surface area contributed by atoms with Gasteiger partial charge in [0.2, 0.25) is 5.91 Å². The molecule has 0 spiro atoms. The summed E-state index contributed by atoms with van der Waals surface area (Å²) >= 11 is 0. The first-order valence-corrected chi connectivity index (χ1v) is 6.77. The van der Waals surface area contributed by atoms with E-state index >= 15 is 0 Å². The number of amides is 1. The third kappa shape index (κ3) is 3.48. The van der Waals surface area contributed by atoms with E-state index in [1.165, 1.54) is 32.1 Å². The first-order valence-electron chi connectivity index (χ1n) is 6.77. The van der Waals surface area contributed by atoms with E-state index in [0.29, 0.717) is 18.0 Å². The standard InChI is InChI=1S/C13H24N2O/c1-10-6-7-12(9-14-10)15-13(16)8-11-4-2-3-5-11/h10-12,14H,2-9H2,1H3,(H,15,16). The van der Waals surface area contributed by atoms with Gasteiger partial charge in [-0.3, -0.25) is 4.79 Å². The quantitative estimate of drug-likeness (QED) is 0.768. The molecule has 2 unspecified atom stereocenters. The molecule has 1 aliphatic carbocycles. The fraction of sp³-hybridized carbons (Fsp3) is 0.923. The molecule has 3 nitrogen and oxygen atoms in total. The highest BCUT2D eigenvalue weighted by Crippen LogP contribution is 2.27. The van der Waals surface area contributed by atoms with Crippen LogP contribution in [0.25, 0.3) is 0 Å². The molecule has 3 heteroatoms. The molecular formula is C13H24N2O. The molecule has 2 N–H and O–H groups in total. The molecule has 1 aliphatic heterocycles. The van der Waals surface area contributed by atoms with Gasteiger partial charge in [-0.1, -0.05) is 12.8 Å². The van der Waals surface area contributed by atoms with Crippen LogP contribution in [0.5, 0.6) is 0 Å². The van der Waals surface area contributed by atoms with Gasteiger partial charge in [-0.15, -0.1) is 0 Å². The van der Waals surface area contributed by atoms with Crippen molar-refractivity contribution in [3.63, 3.8) is 0 Å². The van der Waals surface area contributed by atoms with Crippen LogP contribution in [-0.4, -0.2) is 24.5 Å². The summed E-state index contributed by atoms with van der Waals surface area (Å²) < 4.78 is 0. The number of carbonyl (C=O) groups is 1. The van der Waals surface area contributed by atoms with Crippen LogP contribution < -0.4 is 10.6 Å². The Labute approximate surface area is 98.4 Å². The third-order valence-electron chi connectivity index (χ3n) is 3.97. The molecule has 16 heavy (non-hydrogen) atoms. The molecule has 2 fully saturated rings. The fourth-order valence-corrected chi connectivity index (χ4v) is 2.89. The second-order valence-electron chi connectivity index (χ2n) is 5.51. The summed E-state index contributed by atoms with van der Waals surface area (Å²) in [5.74, 6) is 0.934. The smallest absolute Gasteiger partial charge is 0.220 e. The van der Waals surface area contributed by atoms with E-state index < -0.39 is 0 Å². The molecule has 0 radical (unpaired) electrons. The fourth-order valence-electron chi connectivity index (χ4n) is 2.89. The Morgan fingerprint density at radius 2 is 2.00 bits per heavy atom. The average molecular weight is 224 g/mol. The highest BCUT2D eigenvalue weighted by molar-refractivity contribution is 5.76. The van der Waals surface area contributed by atoms with Crippen LogP contribution >= 0.6 is 0 Å². The summed E-state index contributed by atoms with van der Waals surface area (Å²) in [5, 5.41) is 6.58. The molecule has 1 heterocycles. The van der Waals surface area contributed by atoms with E-state index in [-0.39, 0.29) is 5.91 Å². The summed E-state index contributed by atoms with van der Waals surface area (Å²) in [4.78, 5) is 11.8. The van der Waals surface area contributed by atoms with Gasteiger partial charge in [0.25, 0.3) is 0 Å². The van der Waals surface area contributed by atoms with Crippen molar-refractivity contribution in [2.75, 3.05) is 6.54 Å². The zero-order chi connectivity index (χ0) is 11.4. The van der Waals surface area contributed by atoms with Crippen LogP contribution in [0.3, 0.4) is 0 Å². The highest BCUT2D eigenvalue weighted by atomic mass is 16.1. The zero-order valence-corrected chi connectivity index (χ0v) is 10.3. The van der Waals surface area contributed by atoms with Gasteiger partial charge in [-0.05, 0) is 38.5 Å². The first kappa shape index (κ1) is 11.9. The maximum absolute atomic E-state index is 11.8. The number of hydrogen-bond donors (Lipinski definition) is 2. The topological polar surface area (TPSA) is 41.1 Å². The largest absolute Gasteiger partial charge is 0.352 e. The molecule has 2 rings (SSSR count). The Morgan fingerprint density at radius 3 is 2.62 bits per heavy atom. The maximum atomic E-state index is 11.8. The van der Waals surface area contributed by atoms with Gasteiger partial charge >= 0.3 is 0 Å². The second-order valence-corrected chi connectivity index (χ2v) is 5.51. The number of carbonyl (C=O) groups excluding carboxylic acids is 1. The maximum Gasteiger partial charge on any atom is 0.220 e. The molecule has 0 aromatic heterocycles. The third-order valence-corrected chi connectivity index (χ3v) is 3.97. The molecule has 0 aromatic rings. The van der Waals surface area contributed by atoms with Gasteiger partial charge in [-0.2, -0.15) is 0 Å². The van der Waals surface area contributed by atoms with Crippen molar-refractivity contribution in [2.24, 2.45) is 5.92 Å². The lowest BCUT2D eigenvalue weighted by atomic mass is 10.0. The van der Waals surface area contributed by atoms with Gasteiger partial charge in [0.1, 0.15) is 0 Å². The van der Waals surface area contributed by atoms with E-state index in [2.05, 4.69) is 17.6 Å². The molecule has 0 aromatic carbocycles. The molecule has 2 atom stereocenters. The molecule has 0 bridgehead atoms. The lowest BCUT2D eigenvalue weighted by Crippen LogP contribution is -2.48. The van der Waals surface area contributed by atoms with Crippen LogP contribution in [0.2, 0.25) is 0 Å². The Balaban J connectivity index is 1.66. The molecule has 1 saturated carbocycles. The predicted molar refractivity (Wildman–Crippen MR) is 65.2 cm³/mol. The van der Waals surface area contributed by atoms with E-state index in [1.54, 1.807) is 0 Å². The molecule has 1 amide bonds. The first-order chi connectivity index (χ1) is 7.74. The van der Waals surface area contributed by atoms with Gasteiger partial charge in [0.05, 0.1) is 0 Å². The van der Waals surface area contributed by atoms with Crippen LogP contribution in [-0.2, 0) is 4.79 Å². The van der Waals surface area contributed by atoms with Crippen molar-refractivity contribution in [1.82, 2.24) is 10.6 Å². The number of rotatable bonds is 3. The average Bonchev–Trinajstić information content (AvgIpc) is 2.74. The van der Waals surface area contributed by atoms with Crippen LogP contribution in [0.4, 0.5) is 0 Å². The lowest BCUT2D eigenvalue weighted by molar-refractivity contribution is -0.122. The van der Waals surface area contributed by atoms with Crippen molar-refractivity contribution >= 4 is 5.91 Å². The van der Waals surface area contributed by atoms with Gasteiger partial charge in [0, 0.05) is 25.0 Å². The monoisotopic (exact) mass is 224 g/mol. The summed E-state index contributed by atoms with van der Waals surface area (Å²) in [6.07, 6.45) is 8.21. The van der Waals surface area contributed by atoms with E-state index in [1.807, 2.05) is 0 Å². The van der Waals surface area contributed by atoms with Crippen molar-refractivity contribution in [3.8, 4) is 0 Å². The Morgan fingerprint density at radius 1 is 1.25 bits per heavy atom. The zero-order valence-electron chi connectivity index (χ0n) is 10.3. The van der Waals surface area contributed by atoms with E-state index in [9.17, 15) is 4.79 Å². The van der Waals surface area contributed by atoms with Gasteiger partial charge in [-0.25, -0.2) is 0 Å². The van der Waals surface area contributed by atoms with Crippen molar-refractivity contribution in [1.29, 1.82) is 0 Å². The summed E-state index contributed by atoms with van der Waals surface area (Å²) in [7, 11) is 0. The van der Waals surface area contributed by atoms with Crippen molar-refractivity contribution in [3.05, 3.63) is 0 Å². The number of piperidine rings is 1. The normalized spacial score (nSPS) is 31.6. The SMILES string of the molecule is CC1CCC(NC(=O)CC2CCCC2)CN1.